The van der Waals surface area contributed by atoms with Crippen molar-refractivity contribution in [2.45, 2.75) is 31.7 Å². The van der Waals surface area contributed by atoms with Crippen molar-refractivity contribution in [1.29, 1.82) is 0 Å². The highest BCUT2D eigenvalue weighted by atomic mass is 16.1. The van der Waals surface area contributed by atoms with Gasteiger partial charge < -0.3 is 10.7 Å². The van der Waals surface area contributed by atoms with E-state index in [1.807, 2.05) is 0 Å². The quantitative estimate of drug-likeness (QED) is 0.780. The van der Waals surface area contributed by atoms with E-state index >= 15 is 0 Å². The molecule has 0 saturated heterocycles. The fourth-order valence-corrected chi connectivity index (χ4v) is 1.93. The Morgan fingerprint density at radius 1 is 1.59 bits per heavy atom. The van der Waals surface area contributed by atoms with E-state index in [-0.39, 0.29) is 5.78 Å². The second-order valence-electron chi connectivity index (χ2n) is 4.61. The van der Waals surface area contributed by atoms with Crippen LogP contribution in [0.4, 0.5) is 0 Å². The number of aromatic amines is 1. The van der Waals surface area contributed by atoms with Gasteiger partial charge in [0.15, 0.2) is 11.4 Å². The number of imidazole rings is 1. The molecular weight excluding hydrogens is 216 g/mol. The zero-order valence-electron chi connectivity index (χ0n) is 9.60. The fraction of sp³-hybridized carbons (Fsp3) is 0.417. The minimum Gasteiger partial charge on any atom is -0.340 e. The van der Waals surface area contributed by atoms with E-state index in [0.29, 0.717) is 17.1 Å². The third-order valence-electron chi connectivity index (χ3n) is 3.05. The highest BCUT2D eigenvalue weighted by Crippen LogP contribution is 2.39. The van der Waals surface area contributed by atoms with Gasteiger partial charge >= 0.3 is 0 Å². The van der Waals surface area contributed by atoms with Crippen LogP contribution in [0.15, 0.2) is 12.3 Å². The molecule has 0 bridgehead atoms. The monoisotopic (exact) mass is 230 g/mol. The first kappa shape index (κ1) is 10.4. The zero-order valence-corrected chi connectivity index (χ0v) is 9.60. The van der Waals surface area contributed by atoms with Gasteiger partial charge in [0, 0.05) is 17.7 Å². The number of hydrogen-bond acceptors (Lipinski definition) is 4. The molecule has 0 amide bonds. The number of fused-ring (bicyclic) bond motifs is 1. The van der Waals surface area contributed by atoms with Crippen molar-refractivity contribution in [1.82, 2.24) is 15.0 Å². The number of nitrogens with one attached hydrogen (secondary N) is 1. The zero-order chi connectivity index (χ0) is 12.0. The normalized spacial score (nSPS) is 17.3. The summed E-state index contributed by atoms with van der Waals surface area (Å²) in [5.74, 6) is 1.38. The van der Waals surface area contributed by atoms with Crippen molar-refractivity contribution >= 4 is 16.9 Å². The number of aromatic nitrogens is 3. The van der Waals surface area contributed by atoms with E-state index in [4.69, 9.17) is 5.73 Å². The van der Waals surface area contributed by atoms with Crippen LogP contribution in [-0.2, 0) is 0 Å². The lowest BCUT2D eigenvalue weighted by Gasteiger charge is -2.04. The van der Waals surface area contributed by atoms with Crippen LogP contribution in [0.5, 0.6) is 0 Å². The number of rotatable bonds is 3. The van der Waals surface area contributed by atoms with Crippen molar-refractivity contribution in [2.75, 3.05) is 0 Å². The van der Waals surface area contributed by atoms with Crippen molar-refractivity contribution in [3.05, 3.63) is 23.7 Å². The Morgan fingerprint density at radius 3 is 3.00 bits per heavy atom. The fourth-order valence-electron chi connectivity index (χ4n) is 1.93. The minimum atomic E-state index is -0.506. The standard InChI is InChI=1S/C12H14N4O/c1-6(13)10(17)8-4-5-14-12-9(8)15-11(16-12)7-2-3-7/h4-7H,2-3,13H2,1H3,(H,14,15,16). The van der Waals surface area contributed by atoms with E-state index in [2.05, 4.69) is 15.0 Å². The average molecular weight is 230 g/mol. The number of hydrogen-bond donors (Lipinski definition) is 2. The lowest BCUT2D eigenvalue weighted by atomic mass is 10.1. The van der Waals surface area contributed by atoms with E-state index < -0.39 is 6.04 Å². The first-order chi connectivity index (χ1) is 8.16. The molecule has 1 saturated carbocycles. The summed E-state index contributed by atoms with van der Waals surface area (Å²) in [6, 6.07) is 1.19. The molecule has 3 rings (SSSR count). The number of nitrogens with two attached hydrogens (primary N) is 1. The Bertz CT molecular complexity index is 583. The van der Waals surface area contributed by atoms with Gasteiger partial charge in [0.2, 0.25) is 0 Å². The van der Waals surface area contributed by atoms with Crippen LogP contribution < -0.4 is 5.73 Å². The molecule has 3 N–H and O–H groups in total. The van der Waals surface area contributed by atoms with Crippen molar-refractivity contribution < 1.29 is 4.79 Å². The van der Waals surface area contributed by atoms with Crippen molar-refractivity contribution in [3.63, 3.8) is 0 Å². The molecule has 1 aliphatic carbocycles. The maximum Gasteiger partial charge on any atom is 0.181 e. The molecule has 1 fully saturated rings. The van der Waals surface area contributed by atoms with Gasteiger partial charge in [0.05, 0.1) is 11.6 Å². The van der Waals surface area contributed by atoms with Crippen LogP contribution in [-0.4, -0.2) is 26.8 Å². The summed E-state index contributed by atoms with van der Waals surface area (Å²) >= 11 is 0. The Kier molecular flexibility index (Phi) is 2.22. The van der Waals surface area contributed by atoms with Crippen molar-refractivity contribution in [2.24, 2.45) is 5.73 Å². The molecular formula is C12H14N4O. The van der Waals surface area contributed by atoms with Gasteiger partial charge in [-0.05, 0) is 25.8 Å². The van der Waals surface area contributed by atoms with E-state index in [0.717, 1.165) is 24.2 Å². The lowest BCUT2D eigenvalue weighted by Crippen LogP contribution is -2.26. The van der Waals surface area contributed by atoms with E-state index in [1.165, 1.54) is 0 Å². The van der Waals surface area contributed by atoms with E-state index in [1.54, 1.807) is 19.2 Å². The Balaban J connectivity index is 2.14. The molecule has 1 atom stereocenters. The molecule has 0 spiro atoms. The number of Topliss-reactive ketones (excluding diaryl/α,β-unsaturated/α-hetero) is 1. The summed E-state index contributed by atoms with van der Waals surface area (Å²) in [5.41, 5.74) is 7.55. The van der Waals surface area contributed by atoms with Gasteiger partial charge in [-0.3, -0.25) is 4.79 Å². The second-order valence-corrected chi connectivity index (χ2v) is 4.61. The van der Waals surface area contributed by atoms with Gasteiger partial charge in [-0.1, -0.05) is 0 Å². The van der Waals surface area contributed by atoms with Crippen LogP contribution in [0.1, 0.15) is 41.9 Å². The molecule has 0 aromatic carbocycles. The molecule has 2 aromatic heterocycles. The number of carbonyl (C=O) groups excluding carboxylic acids is 1. The highest BCUT2D eigenvalue weighted by molar-refractivity contribution is 6.07. The third kappa shape index (κ3) is 1.72. The van der Waals surface area contributed by atoms with Gasteiger partial charge in [-0.15, -0.1) is 0 Å². The van der Waals surface area contributed by atoms with Gasteiger partial charge in [-0.2, -0.15) is 0 Å². The summed E-state index contributed by atoms with van der Waals surface area (Å²) in [4.78, 5) is 23.8. The molecule has 1 aliphatic rings. The molecule has 5 heteroatoms. The number of H-pyrrole nitrogens is 1. The molecule has 0 aliphatic heterocycles. The smallest absolute Gasteiger partial charge is 0.181 e. The minimum absolute atomic E-state index is 0.0802. The predicted octanol–water partition coefficient (Wildman–Crippen LogP) is 1.37. The third-order valence-corrected chi connectivity index (χ3v) is 3.05. The lowest BCUT2D eigenvalue weighted by molar-refractivity contribution is 0.0969. The summed E-state index contributed by atoms with van der Waals surface area (Å²) in [5, 5.41) is 0. The van der Waals surface area contributed by atoms with E-state index in [9.17, 15) is 4.79 Å². The van der Waals surface area contributed by atoms with Crippen LogP contribution in [0, 0.1) is 0 Å². The Hall–Kier alpha value is -1.75. The molecule has 17 heavy (non-hydrogen) atoms. The first-order valence-corrected chi connectivity index (χ1v) is 5.81. The maximum atomic E-state index is 12.0. The molecule has 0 radical (unpaired) electrons. The van der Waals surface area contributed by atoms with Gasteiger partial charge in [0.1, 0.15) is 5.82 Å². The van der Waals surface area contributed by atoms with Gasteiger partial charge in [0.25, 0.3) is 0 Å². The number of nitrogens with zero attached hydrogens (tertiary/aromatic N) is 2. The Morgan fingerprint density at radius 2 is 2.35 bits per heavy atom. The topological polar surface area (TPSA) is 84.7 Å². The summed E-state index contributed by atoms with van der Waals surface area (Å²) in [7, 11) is 0. The SMILES string of the molecule is CC(N)C(=O)c1ccnc2nc(C3CC3)[nH]c12. The molecule has 1 unspecified atom stereocenters. The second kappa shape index (κ2) is 3.63. The molecule has 5 nitrogen and oxygen atoms in total. The predicted molar refractivity (Wildman–Crippen MR) is 63.8 cm³/mol. The van der Waals surface area contributed by atoms with Crippen LogP contribution in [0.25, 0.3) is 11.2 Å². The van der Waals surface area contributed by atoms with Gasteiger partial charge in [-0.25, -0.2) is 9.97 Å². The number of carbonyl (C=O) groups is 1. The number of ketones is 1. The van der Waals surface area contributed by atoms with Crippen LogP contribution in [0.3, 0.4) is 0 Å². The summed E-state index contributed by atoms with van der Waals surface area (Å²) in [6.07, 6.45) is 3.93. The number of pyridine rings is 1. The molecule has 2 heterocycles. The van der Waals surface area contributed by atoms with Crippen LogP contribution in [0.2, 0.25) is 0 Å². The maximum absolute atomic E-state index is 12.0. The molecule has 2 aromatic rings. The average Bonchev–Trinajstić information content (AvgIpc) is 3.07. The summed E-state index contributed by atoms with van der Waals surface area (Å²) < 4.78 is 0. The molecule has 88 valence electrons. The van der Waals surface area contributed by atoms with Crippen LogP contribution >= 0.6 is 0 Å². The first-order valence-electron chi connectivity index (χ1n) is 5.81. The Labute approximate surface area is 98.4 Å². The highest BCUT2D eigenvalue weighted by Gasteiger charge is 2.28. The largest absolute Gasteiger partial charge is 0.340 e. The summed E-state index contributed by atoms with van der Waals surface area (Å²) in [6.45, 7) is 1.69. The van der Waals surface area contributed by atoms with Crippen molar-refractivity contribution in [3.8, 4) is 0 Å².